The molecule has 8 nitrogen and oxygen atoms in total. The second-order valence-corrected chi connectivity index (χ2v) is 5.07. The SMILES string of the molecule is COc1ccc(CN(C)C(=O)Cn2c(N)nc(C#N)c2C#N)cc1. The number of benzene rings is 1. The molecule has 122 valence electrons. The number of likely N-dealkylation sites (N-methyl/N-ethyl adjacent to an activating group) is 1. The third-order valence-electron chi connectivity index (χ3n) is 3.51. The van der Waals surface area contributed by atoms with Crippen LogP contribution in [0, 0.1) is 22.7 Å². The number of anilines is 1. The van der Waals surface area contributed by atoms with Crippen LogP contribution in [0.25, 0.3) is 0 Å². The summed E-state index contributed by atoms with van der Waals surface area (Å²) in [6, 6.07) is 11.0. The maximum Gasteiger partial charge on any atom is 0.242 e. The minimum atomic E-state index is -0.254. The number of nitrogens with zero attached hydrogens (tertiary/aromatic N) is 5. The van der Waals surface area contributed by atoms with Gasteiger partial charge in [0.15, 0.2) is 11.4 Å². The van der Waals surface area contributed by atoms with Gasteiger partial charge in [-0.15, -0.1) is 0 Å². The lowest BCUT2D eigenvalue weighted by atomic mass is 10.2. The largest absolute Gasteiger partial charge is 0.497 e. The van der Waals surface area contributed by atoms with E-state index in [-0.39, 0.29) is 29.8 Å². The van der Waals surface area contributed by atoms with Crippen LogP contribution < -0.4 is 10.5 Å². The molecule has 24 heavy (non-hydrogen) atoms. The molecule has 2 N–H and O–H groups in total. The molecule has 2 rings (SSSR count). The summed E-state index contributed by atoms with van der Waals surface area (Å²) in [5.74, 6) is 0.451. The van der Waals surface area contributed by atoms with Gasteiger partial charge in [-0.25, -0.2) is 4.98 Å². The Balaban J connectivity index is 2.11. The number of hydrogen-bond acceptors (Lipinski definition) is 6. The lowest BCUT2D eigenvalue weighted by molar-refractivity contribution is -0.131. The molecule has 0 saturated heterocycles. The summed E-state index contributed by atoms with van der Waals surface area (Å²) in [5, 5.41) is 18.1. The maximum atomic E-state index is 12.4. The van der Waals surface area contributed by atoms with Crippen molar-refractivity contribution in [3.05, 3.63) is 41.2 Å². The van der Waals surface area contributed by atoms with Crippen molar-refractivity contribution in [2.45, 2.75) is 13.1 Å². The molecule has 0 radical (unpaired) electrons. The number of methoxy groups -OCH3 is 1. The monoisotopic (exact) mass is 324 g/mol. The van der Waals surface area contributed by atoms with E-state index in [1.807, 2.05) is 30.3 Å². The fraction of sp³-hybridized carbons (Fsp3) is 0.250. The molecule has 2 aromatic rings. The number of amides is 1. The van der Waals surface area contributed by atoms with E-state index >= 15 is 0 Å². The number of carbonyl (C=O) groups excluding carboxylic acids is 1. The second kappa shape index (κ2) is 7.16. The van der Waals surface area contributed by atoms with Gasteiger partial charge < -0.3 is 15.4 Å². The molecule has 8 heteroatoms. The summed E-state index contributed by atoms with van der Waals surface area (Å²) in [6.07, 6.45) is 0. The van der Waals surface area contributed by atoms with E-state index in [2.05, 4.69) is 4.98 Å². The molecule has 0 atom stereocenters. The molecule has 0 aliphatic carbocycles. The van der Waals surface area contributed by atoms with Gasteiger partial charge in [-0.1, -0.05) is 12.1 Å². The van der Waals surface area contributed by atoms with Crippen molar-refractivity contribution < 1.29 is 9.53 Å². The third-order valence-corrected chi connectivity index (χ3v) is 3.51. The van der Waals surface area contributed by atoms with Gasteiger partial charge in [0, 0.05) is 13.6 Å². The zero-order valence-electron chi connectivity index (χ0n) is 13.4. The minimum Gasteiger partial charge on any atom is -0.497 e. The van der Waals surface area contributed by atoms with Crippen molar-refractivity contribution in [3.8, 4) is 17.9 Å². The van der Waals surface area contributed by atoms with E-state index in [0.29, 0.717) is 6.54 Å². The predicted octanol–water partition coefficient (Wildman–Crippen LogP) is 0.876. The van der Waals surface area contributed by atoms with Crippen LogP contribution in [0.3, 0.4) is 0 Å². The normalized spacial score (nSPS) is 9.83. The Bertz CT molecular complexity index is 826. The molecule has 1 amide bonds. The average Bonchev–Trinajstić information content (AvgIpc) is 2.90. The molecule has 1 aromatic heterocycles. The van der Waals surface area contributed by atoms with Gasteiger partial charge in [-0.05, 0) is 17.7 Å². The highest BCUT2D eigenvalue weighted by atomic mass is 16.5. The fourth-order valence-corrected chi connectivity index (χ4v) is 2.17. The molecule has 0 spiro atoms. The number of imidazole rings is 1. The molecular formula is C16H16N6O2. The molecule has 0 aliphatic rings. The van der Waals surface area contributed by atoms with Gasteiger partial charge in [0.1, 0.15) is 24.4 Å². The number of nitrogen functional groups attached to an aromatic ring is 1. The Kier molecular flexibility index (Phi) is 5.03. The van der Waals surface area contributed by atoms with E-state index in [1.54, 1.807) is 20.2 Å². The number of rotatable bonds is 5. The smallest absolute Gasteiger partial charge is 0.242 e. The van der Waals surface area contributed by atoms with E-state index in [1.165, 1.54) is 9.47 Å². The Hall–Kier alpha value is -3.52. The molecule has 0 saturated carbocycles. The van der Waals surface area contributed by atoms with Crippen molar-refractivity contribution in [3.63, 3.8) is 0 Å². The second-order valence-electron chi connectivity index (χ2n) is 5.07. The van der Waals surface area contributed by atoms with Crippen LogP contribution in [0.1, 0.15) is 17.0 Å². The number of ether oxygens (including phenoxy) is 1. The number of hydrogen-bond donors (Lipinski definition) is 1. The van der Waals surface area contributed by atoms with E-state index in [0.717, 1.165) is 11.3 Å². The summed E-state index contributed by atoms with van der Waals surface area (Å²) < 4.78 is 6.33. The van der Waals surface area contributed by atoms with Crippen LogP contribution in [-0.2, 0) is 17.9 Å². The summed E-state index contributed by atoms with van der Waals surface area (Å²) >= 11 is 0. The number of nitriles is 2. The Morgan fingerprint density at radius 1 is 1.33 bits per heavy atom. The van der Waals surface area contributed by atoms with Crippen molar-refractivity contribution in [1.82, 2.24) is 14.5 Å². The fourth-order valence-electron chi connectivity index (χ4n) is 2.17. The molecule has 0 bridgehead atoms. The van der Waals surface area contributed by atoms with E-state index in [4.69, 9.17) is 21.0 Å². The lowest BCUT2D eigenvalue weighted by Gasteiger charge is -2.18. The van der Waals surface area contributed by atoms with E-state index in [9.17, 15) is 4.79 Å². The average molecular weight is 324 g/mol. The first-order valence-corrected chi connectivity index (χ1v) is 7.03. The molecule has 0 fully saturated rings. The van der Waals surface area contributed by atoms with E-state index < -0.39 is 0 Å². The zero-order valence-corrected chi connectivity index (χ0v) is 13.4. The third kappa shape index (κ3) is 3.45. The Morgan fingerprint density at radius 3 is 2.54 bits per heavy atom. The lowest BCUT2D eigenvalue weighted by Crippen LogP contribution is -2.30. The Labute approximate surface area is 139 Å². The highest BCUT2D eigenvalue weighted by molar-refractivity contribution is 5.76. The van der Waals surface area contributed by atoms with Crippen LogP contribution in [0.2, 0.25) is 0 Å². The topological polar surface area (TPSA) is 121 Å². The molecule has 0 unspecified atom stereocenters. The summed E-state index contributed by atoms with van der Waals surface area (Å²) in [5.41, 5.74) is 6.53. The first kappa shape index (κ1) is 16.8. The molecule has 1 heterocycles. The first-order chi connectivity index (χ1) is 11.5. The highest BCUT2D eigenvalue weighted by Crippen LogP contribution is 2.15. The predicted molar refractivity (Wildman–Crippen MR) is 85.5 cm³/mol. The van der Waals surface area contributed by atoms with Crippen LogP contribution in [0.5, 0.6) is 5.75 Å². The highest BCUT2D eigenvalue weighted by Gasteiger charge is 2.19. The summed E-state index contributed by atoms with van der Waals surface area (Å²) in [4.78, 5) is 17.7. The molecular weight excluding hydrogens is 308 g/mol. The minimum absolute atomic E-state index is 0.0128. The van der Waals surface area contributed by atoms with Crippen molar-refractivity contribution >= 4 is 11.9 Å². The molecule has 0 aliphatic heterocycles. The standard InChI is InChI=1S/C16H16N6O2/c1-21(9-11-3-5-12(24-2)6-4-11)15(23)10-22-14(8-18)13(7-17)20-16(22)19/h3-6H,9-10H2,1-2H3,(H2,19,20). The van der Waals surface area contributed by atoms with Gasteiger partial charge in [0.05, 0.1) is 7.11 Å². The number of nitrogens with two attached hydrogens (primary N) is 1. The number of aromatic nitrogens is 2. The van der Waals surface area contributed by atoms with Crippen LogP contribution >= 0.6 is 0 Å². The van der Waals surface area contributed by atoms with Gasteiger partial charge in [0.25, 0.3) is 0 Å². The summed E-state index contributed by atoms with van der Waals surface area (Å²) in [7, 11) is 3.24. The zero-order chi connectivity index (χ0) is 17.7. The quantitative estimate of drug-likeness (QED) is 0.871. The van der Waals surface area contributed by atoms with Crippen LogP contribution in [0.15, 0.2) is 24.3 Å². The van der Waals surface area contributed by atoms with Crippen LogP contribution in [0.4, 0.5) is 5.95 Å². The maximum absolute atomic E-state index is 12.4. The number of carbonyl (C=O) groups is 1. The van der Waals surface area contributed by atoms with Gasteiger partial charge in [-0.3, -0.25) is 9.36 Å². The first-order valence-electron chi connectivity index (χ1n) is 7.03. The van der Waals surface area contributed by atoms with Gasteiger partial charge in [0.2, 0.25) is 11.9 Å². The summed E-state index contributed by atoms with van der Waals surface area (Å²) in [6.45, 7) is 0.237. The van der Waals surface area contributed by atoms with Gasteiger partial charge in [-0.2, -0.15) is 10.5 Å². The van der Waals surface area contributed by atoms with Crippen LogP contribution in [-0.4, -0.2) is 34.5 Å². The van der Waals surface area contributed by atoms with Crippen molar-refractivity contribution in [1.29, 1.82) is 10.5 Å². The van der Waals surface area contributed by atoms with Crippen molar-refractivity contribution in [2.24, 2.45) is 0 Å². The Morgan fingerprint density at radius 2 is 2.00 bits per heavy atom. The molecule has 1 aromatic carbocycles. The van der Waals surface area contributed by atoms with Crippen molar-refractivity contribution in [2.75, 3.05) is 19.9 Å². The van der Waals surface area contributed by atoms with Gasteiger partial charge >= 0.3 is 0 Å².